The molecule has 244 valence electrons. The Morgan fingerprint density at radius 3 is 1.33 bits per heavy atom. The summed E-state index contributed by atoms with van der Waals surface area (Å²) in [6.45, 7) is 20.7. The maximum absolute atomic E-state index is 6.34. The summed E-state index contributed by atoms with van der Waals surface area (Å²) in [4.78, 5) is 0. The van der Waals surface area contributed by atoms with Gasteiger partial charge in [-0.25, -0.2) is 0 Å². The molecule has 2 unspecified atom stereocenters. The van der Waals surface area contributed by atoms with Gasteiger partial charge in [-0.05, 0) is 86.5 Å². The molecule has 2 aromatic carbocycles. The summed E-state index contributed by atoms with van der Waals surface area (Å²) in [7, 11) is 0. The van der Waals surface area contributed by atoms with E-state index in [0.29, 0.717) is 13.2 Å². The van der Waals surface area contributed by atoms with Gasteiger partial charge in [-0.15, -0.1) is 0 Å². The molecule has 0 saturated heterocycles. The highest BCUT2D eigenvalue weighted by atomic mass is 16.5. The van der Waals surface area contributed by atoms with E-state index in [1.807, 2.05) is 0 Å². The first-order chi connectivity index (χ1) is 21.4. The van der Waals surface area contributed by atoms with Crippen LogP contribution in [-0.4, -0.2) is 26.4 Å². The zero-order chi connectivity index (χ0) is 32.6. The van der Waals surface area contributed by atoms with Crippen LogP contribution in [0, 0.1) is 10.8 Å². The Bertz CT molecular complexity index is 1270. The monoisotopic (exact) mass is 610 g/mol. The summed E-state index contributed by atoms with van der Waals surface area (Å²) in [5.41, 5.74) is 5.51. The van der Waals surface area contributed by atoms with Crippen LogP contribution in [0.4, 0.5) is 0 Å². The third-order valence-electron chi connectivity index (χ3n) is 9.54. The molecule has 4 rings (SSSR count). The topological polar surface area (TPSA) is 27.7 Å². The molecule has 0 N–H and O–H groups in total. The van der Waals surface area contributed by atoms with Gasteiger partial charge in [0.1, 0.15) is 11.5 Å². The van der Waals surface area contributed by atoms with E-state index in [-0.39, 0.29) is 21.7 Å². The van der Waals surface area contributed by atoms with Crippen molar-refractivity contribution in [2.75, 3.05) is 26.4 Å². The molecule has 2 atom stereocenters. The molecule has 0 aliphatic heterocycles. The van der Waals surface area contributed by atoms with E-state index in [9.17, 15) is 0 Å². The first-order valence-electron chi connectivity index (χ1n) is 17.3. The Balaban J connectivity index is 1.40. The number of benzene rings is 2. The van der Waals surface area contributed by atoms with Crippen LogP contribution in [0.2, 0.25) is 0 Å². The van der Waals surface area contributed by atoms with Gasteiger partial charge in [0.25, 0.3) is 0 Å². The van der Waals surface area contributed by atoms with Gasteiger partial charge in [0.2, 0.25) is 0 Å². The number of ether oxygens (including phenoxy) is 3. The van der Waals surface area contributed by atoms with Crippen LogP contribution in [-0.2, 0) is 15.6 Å². The second-order valence-corrected chi connectivity index (χ2v) is 14.9. The maximum atomic E-state index is 6.34. The van der Waals surface area contributed by atoms with Crippen molar-refractivity contribution >= 4 is 0 Å². The van der Waals surface area contributed by atoms with Gasteiger partial charge in [-0.2, -0.15) is 0 Å². The lowest BCUT2D eigenvalue weighted by Gasteiger charge is -2.37. The maximum Gasteiger partial charge on any atom is 0.123 e. The average Bonchev–Trinajstić information content (AvgIpc) is 3.01. The fourth-order valence-corrected chi connectivity index (χ4v) is 6.91. The molecule has 3 nitrogen and oxygen atoms in total. The average molecular weight is 611 g/mol. The molecule has 2 aromatic rings. The highest BCUT2D eigenvalue weighted by Crippen LogP contribution is 2.46. The van der Waals surface area contributed by atoms with Gasteiger partial charge >= 0.3 is 0 Å². The molecule has 0 aromatic heterocycles. The standard InChI is InChI=1S/C42H58O3/c1-9-44-37-19-13-11-17-35(37)41(27-21-33(22-28-41)39(3,4)5)25-15-31-43-32-16-26-42(29-23-34(24-30-42)40(6,7)8)36-18-12-14-20-38(36)45-10-2/h11-14,17-24,27,29H,9-10,15-16,25-26,28,30-32H2,1-8H3. The van der Waals surface area contributed by atoms with E-state index in [0.717, 1.165) is 63.2 Å². The molecule has 0 bridgehead atoms. The van der Waals surface area contributed by atoms with Gasteiger partial charge in [0, 0.05) is 35.2 Å². The summed E-state index contributed by atoms with van der Waals surface area (Å²) in [6, 6.07) is 17.2. The molecular formula is C42H58O3. The van der Waals surface area contributed by atoms with E-state index >= 15 is 0 Å². The number of hydrogen-bond donors (Lipinski definition) is 0. The van der Waals surface area contributed by atoms with Crippen LogP contribution in [0.15, 0.2) is 96.1 Å². The van der Waals surface area contributed by atoms with Crippen molar-refractivity contribution in [1.29, 1.82) is 0 Å². The third kappa shape index (κ3) is 8.61. The van der Waals surface area contributed by atoms with Crippen LogP contribution in [0.5, 0.6) is 11.5 Å². The van der Waals surface area contributed by atoms with Crippen molar-refractivity contribution in [3.8, 4) is 11.5 Å². The van der Waals surface area contributed by atoms with E-state index in [4.69, 9.17) is 14.2 Å². The lowest BCUT2D eigenvalue weighted by atomic mass is 9.68. The summed E-state index contributed by atoms with van der Waals surface area (Å²) in [6.07, 6.45) is 20.5. The fraction of sp³-hybridized carbons (Fsp3) is 0.524. The number of allylic oxidation sites excluding steroid dienone is 8. The van der Waals surface area contributed by atoms with E-state index < -0.39 is 0 Å². The van der Waals surface area contributed by atoms with E-state index in [1.54, 1.807) is 0 Å². The predicted octanol–water partition coefficient (Wildman–Crippen LogP) is 11.1. The smallest absolute Gasteiger partial charge is 0.123 e. The second kappa shape index (κ2) is 15.0. The Labute approximate surface area is 274 Å². The third-order valence-corrected chi connectivity index (χ3v) is 9.54. The van der Waals surface area contributed by atoms with Gasteiger partial charge in [0.05, 0.1) is 13.2 Å². The number of hydrogen-bond acceptors (Lipinski definition) is 3. The van der Waals surface area contributed by atoms with Crippen LogP contribution < -0.4 is 9.47 Å². The molecule has 2 aliphatic rings. The Kier molecular flexibility index (Phi) is 11.6. The number of para-hydroxylation sites is 2. The van der Waals surface area contributed by atoms with Gasteiger partial charge in [0.15, 0.2) is 0 Å². The van der Waals surface area contributed by atoms with Crippen LogP contribution in [0.1, 0.15) is 105 Å². The van der Waals surface area contributed by atoms with Gasteiger partial charge < -0.3 is 14.2 Å². The van der Waals surface area contributed by atoms with Crippen molar-refractivity contribution in [2.45, 2.75) is 105 Å². The predicted molar refractivity (Wildman–Crippen MR) is 190 cm³/mol. The van der Waals surface area contributed by atoms with Gasteiger partial charge in [-0.1, -0.05) is 114 Å². The van der Waals surface area contributed by atoms with Crippen molar-refractivity contribution in [3.05, 3.63) is 107 Å². The molecule has 0 saturated carbocycles. The molecule has 0 radical (unpaired) electrons. The summed E-state index contributed by atoms with van der Waals surface area (Å²) >= 11 is 0. The minimum absolute atomic E-state index is 0.0824. The van der Waals surface area contributed by atoms with Crippen molar-refractivity contribution in [2.24, 2.45) is 10.8 Å². The largest absolute Gasteiger partial charge is 0.494 e. The molecule has 2 aliphatic carbocycles. The normalized spacial score (nSPS) is 21.8. The van der Waals surface area contributed by atoms with Crippen LogP contribution in [0.3, 0.4) is 0 Å². The Morgan fingerprint density at radius 2 is 1.00 bits per heavy atom. The summed E-state index contributed by atoms with van der Waals surface area (Å²) in [5, 5.41) is 0. The van der Waals surface area contributed by atoms with Gasteiger partial charge in [-0.3, -0.25) is 0 Å². The molecule has 0 spiro atoms. The first kappa shape index (κ1) is 34.8. The van der Waals surface area contributed by atoms with E-state index in [1.165, 1.54) is 22.3 Å². The van der Waals surface area contributed by atoms with Crippen molar-refractivity contribution in [1.82, 2.24) is 0 Å². The first-order valence-corrected chi connectivity index (χ1v) is 17.3. The fourth-order valence-electron chi connectivity index (χ4n) is 6.91. The van der Waals surface area contributed by atoms with Crippen LogP contribution in [0.25, 0.3) is 0 Å². The second-order valence-electron chi connectivity index (χ2n) is 14.9. The number of rotatable bonds is 14. The van der Waals surface area contributed by atoms with Crippen LogP contribution >= 0.6 is 0 Å². The summed E-state index contributed by atoms with van der Waals surface area (Å²) in [5.74, 6) is 2.00. The lowest BCUT2D eigenvalue weighted by molar-refractivity contribution is 0.119. The zero-order valence-electron chi connectivity index (χ0n) is 29.4. The molecule has 3 heteroatoms. The molecule has 0 amide bonds. The minimum atomic E-state index is -0.0824. The van der Waals surface area contributed by atoms with E-state index in [2.05, 4.69) is 140 Å². The van der Waals surface area contributed by atoms with Crippen molar-refractivity contribution < 1.29 is 14.2 Å². The quantitative estimate of drug-likeness (QED) is 0.199. The Hall–Kier alpha value is -3.04. The molecule has 45 heavy (non-hydrogen) atoms. The molecule has 0 heterocycles. The molecular weight excluding hydrogens is 552 g/mol. The SMILES string of the molecule is CCOc1ccccc1C1(CCCOCCCC2(c3ccccc3OCC)C=CC(C(C)(C)C)=CC2)C=CC(C(C)(C)C)=CC1. The zero-order valence-corrected chi connectivity index (χ0v) is 29.4. The minimum Gasteiger partial charge on any atom is -0.494 e. The Morgan fingerprint density at radius 1 is 0.600 bits per heavy atom. The summed E-state index contributed by atoms with van der Waals surface area (Å²) < 4.78 is 18.6. The highest BCUT2D eigenvalue weighted by molar-refractivity contribution is 5.48. The lowest BCUT2D eigenvalue weighted by Crippen LogP contribution is -2.28. The highest BCUT2D eigenvalue weighted by Gasteiger charge is 2.35. The molecule has 0 fully saturated rings. The van der Waals surface area contributed by atoms with Crippen molar-refractivity contribution in [3.63, 3.8) is 0 Å².